The number of rotatable bonds is 1. The van der Waals surface area contributed by atoms with E-state index in [0.29, 0.717) is 11.3 Å². The van der Waals surface area contributed by atoms with E-state index in [1.807, 2.05) is 0 Å². The van der Waals surface area contributed by atoms with Crippen LogP contribution in [-0.4, -0.2) is 12.0 Å². The summed E-state index contributed by atoms with van der Waals surface area (Å²) in [5.74, 6) is -0.574. The van der Waals surface area contributed by atoms with Crippen molar-refractivity contribution in [2.45, 2.75) is 19.4 Å². The molecule has 0 fully saturated rings. The summed E-state index contributed by atoms with van der Waals surface area (Å²) in [4.78, 5) is 22.6. The van der Waals surface area contributed by atoms with Gasteiger partial charge in [-0.2, -0.15) is 0 Å². The first-order chi connectivity index (χ1) is 7.42. The second-order valence-electron chi connectivity index (χ2n) is 4.12. The Kier molecular flexibility index (Phi) is 2.11. The van der Waals surface area contributed by atoms with Crippen molar-refractivity contribution in [1.29, 1.82) is 0 Å². The molecular formula is C11H12N2O3. The van der Waals surface area contributed by atoms with E-state index in [-0.39, 0.29) is 0 Å². The van der Waals surface area contributed by atoms with Gasteiger partial charge in [-0.3, -0.25) is 10.1 Å². The van der Waals surface area contributed by atoms with Crippen molar-refractivity contribution in [3.8, 4) is 0 Å². The van der Waals surface area contributed by atoms with Crippen LogP contribution < -0.4 is 11.1 Å². The van der Waals surface area contributed by atoms with Gasteiger partial charge in [-0.1, -0.05) is 12.1 Å². The van der Waals surface area contributed by atoms with Crippen molar-refractivity contribution >= 4 is 17.7 Å². The molecule has 1 aromatic carbocycles. The molecule has 0 aromatic heterocycles. The molecule has 16 heavy (non-hydrogen) atoms. The molecule has 0 saturated heterocycles. The minimum Gasteiger partial charge on any atom is -0.438 e. The normalized spacial score (nSPS) is 17.0. The molecule has 0 aliphatic carbocycles. The molecule has 5 nitrogen and oxygen atoms in total. The molecule has 3 N–H and O–H groups in total. The van der Waals surface area contributed by atoms with Crippen molar-refractivity contribution in [2.75, 3.05) is 5.32 Å². The zero-order valence-corrected chi connectivity index (χ0v) is 9.03. The van der Waals surface area contributed by atoms with Crippen LogP contribution in [0.5, 0.6) is 0 Å². The molecule has 1 aliphatic rings. The van der Waals surface area contributed by atoms with Gasteiger partial charge in [0.05, 0.1) is 11.3 Å². The Balaban J connectivity index is 2.66. The summed E-state index contributed by atoms with van der Waals surface area (Å²) < 4.78 is 5.13. The molecule has 0 radical (unpaired) electrons. The van der Waals surface area contributed by atoms with Gasteiger partial charge >= 0.3 is 6.09 Å². The Morgan fingerprint density at radius 2 is 2.12 bits per heavy atom. The van der Waals surface area contributed by atoms with Crippen LogP contribution in [0, 0.1) is 0 Å². The fraction of sp³-hybridized carbons (Fsp3) is 0.273. The second-order valence-corrected chi connectivity index (χ2v) is 4.12. The molecule has 84 valence electrons. The minimum atomic E-state index is -0.761. The summed E-state index contributed by atoms with van der Waals surface area (Å²) in [5.41, 5.74) is 5.95. The highest BCUT2D eigenvalue weighted by Crippen LogP contribution is 2.37. The number of carbonyl (C=O) groups excluding carboxylic acids is 2. The van der Waals surface area contributed by atoms with Crippen molar-refractivity contribution in [3.63, 3.8) is 0 Å². The Morgan fingerprint density at radius 1 is 1.44 bits per heavy atom. The number of cyclic esters (lactones) is 1. The lowest BCUT2D eigenvalue weighted by molar-refractivity contribution is 0.0420. The number of fused-ring (bicyclic) bond motifs is 1. The van der Waals surface area contributed by atoms with Crippen molar-refractivity contribution in [1.82, 2.24) is 0 Å². The van der Waals surface area contributed by atoms with E-state index in [2.05, 4.69) is 5.32 Å². The number of nitrogens with one attached hydrogen (secondary N) is 1. The second kappa shape index (κ2) is 3.23. The standard InChI is InChI=1S/C11H12N2O3/c1-11(2)7-5-3-4-6(9(12)14)8(7)13-10(15)16-11/h3-5H,1-2H3,(H2,12,14)(H,13,15). The SMILES string of the molecule is CC1(C)OC(=O)Nc2c(C(N)=O)cccc21. The van der Waals surface area contributed by atoms with Crippen LogP contribution in [0.15, 0.2) is 18.2 Å². The van der Waals surface area contributed by atoms with Crippen LogP contribution in [0.25, 0.3) is 0 Å². The number of amides is 2. The van der Waals surface area contributed by atoms with Gasteiger partial charge in [-0.15, -0.1) is 0 Å². The summed E-state index contributed by atoms with van der Waals surface area (Å²) in [6.07, 6.45) is -0.578. The maximum absolute atomic E-state index is 11.3. The molecule has 1 aliphatic heterocycles. The first-order valence-electron chi connectivity index (χ1n) is 4.85. The van der Waals surface area contributed by atoms with Crippen molar-refractivity contribution < 1.29 is 14.3 Å². The first kappa shape index (κ1) is 10.5. The lowest BCUT2D eigenvalue weighted by Gasteiger charge is -2.33. The van der Waals surface area contributed by atoms with Gasteiger partial charge in [-0.05, 0) is 19.9 Å². The fourth-order valence-corrected chi connectivity index (χ4v) is 1.81. The summed E-state index contributed by atoms with van der Waals surface area (Å²) in [7, 11) is 0. The lowest BCUT2D eigenvalue weighted by atomic mass is 9.92. The van der Waals surface area contributed by atoms with Crippen LogP contribution in [-0.2, 0) is 10.3 Å². The predicted molar refractivity (Wildman–Crippen MR) is 58.1 cm³/mol. The van der Waals surface area contributed by atoms with Gasteiger partial charge in [0.15, 0.2) is 0 Å². The number of ether oxygens (including phenoxy) is 1. The molecule has 2 rings (SSSR count). The predicted octanol–water partition coefficient (Wildman–Crippen LogP) is 1.58. The quantitative estimate of drug-likeness (QED) is 0.753. The Hall–Kier alpha value is -2.04. The molecule has 0 bridgehead atoms. The summed E-state index contributed by atoms with van der Waals surface area (Å²) in [6, 6.07) is 5.07. The Bertz CT molecular complexity index is 480. The van der Waals surface area contributed by atoms with Gasteiger partial charge in [0.2, 0.25) is 0 Å². The highest BCUT2D eigenvalue weighted by Gasteiger charge is 2.35. The molecule has 2 amide bonds. The number of para-hydroxylation sites is 1. The number of nitrogens with two attached hydrogens (primary N) is 1. The third kappa shape index (κ3) is 1.50. The van der Waals surface area contributed by atoms with Crippen molar-refractivity contribution in [2.24, 2.45) is 5.73 Å². The number of benzene rings is 1. The average Bonchev–Trinajstić information content (AvgIpc) is 2.15. The minimum absolute atomic E-state index is 0.294. The van der Waals surface area contributed by atoms with Crippen LogP contribution in [0.1, 0.15) is 29.8 Å². The van der Waals surface area contributed by atoms with E-state index >= 15 is 0 Å². The number of hydrogen-bond acceptors (Lipinski definition) is 3. The van der Waals surface area contributed by atoms with E-state index in [1.54, 1.807) is 32.0 Å². The van der Waals surface area contributed by atoms with E-state index in [4.69, 9.17) is 10.5 Å². The van der Waals surface area contributed by atoms with Gasteiger partial charge in [0.25, 0.3) is 5.91 Å². The number of anilines is 1. The van der Waals surface area contributed by atoms with E-state index in [0.717, 1.165) is 5.56 Å². The van der Waals surface area contributed by atoms with Crippen LogP contribution in [0.4, 0.5) is 10.5 Å². The summed E-state index contributed by atoms with van der Waals surface area (Å²) in [6.45, 7) is 3.52. The summed E-state index contributed by atoms with van der Waals surface area (Å²) in [5, 5.41) is 2.50. The molecule has 0 saturated carbocycles. The summed E-state index contributed by atoms with van der Waals surface area (Å²) >= 11 is 0. The fourth-order valence-electron chi connectivity index (χ4n) is 1.81. The molecule has 1 heterocycles. The zero-order valence-electron chi connectivity index (χ0n) is 9.03. The maximum Gasteiger partial charge on any atom is 0.412 e. The topological polar surface area (TPSA) is 81.4 Å². The molecule has 0 atom stereocenters. The monoisotopic (exact) mass is 220 g/mol. The number of hydrogen-bond donors (Lipinski definition) is 2. The van der Waals surface area contributed by atoms with Gasteiger partial charge in [-0.25, -0.2) is 4.79 Å². The highest BCUT2D eigenvalue weighted by molar-refractivity contribution is 6.03. The smallest absolute Gasteiger partial charge is 0.412 e. The highest BCUT2D eigenvalue weighted by atomic mass is 16.6. The molecular weight excluding hydrogens is 208 g/mol. The van der Waals surface area contributed by atoms with Crippen LogP contribution in [0.3, 0.4) is 0 Å². The lowest BCUT2D eigenvalue weighted by Crippen LogP contribution is -2.36. The molecule has 0 spiro atoms. The van der Waals surface area contributed by atoms with Crippen molar-refractivity contribution in [3.05, 3.63) is 29.3 Å². The third-order valence-electron chi connectivity index (χ3n) is 2.55. The average molecular weight is 220 g/mol. The number of carbonyl (C=O) groups is 2. The van der Waals surface area contributed by atoms with E-state index < -0.39 is 17.6 Å². The van der Waals surface area contributed by atoms with Gasteiger partial charge in [0, 0.05) is 5.56 Å². The van der Waals surface area contributed by atoms with E-state index in [1.165, 1.54) is 0 Å². The Labute approximate surface area is 92.6 Å². The maximum atomic E-state index is 11.3. The zero-order chi connectivity index (χ0) is 11.9. The molecule has 1 aromatic rings. The largest absolute Gasteiger partial charge is 0.438 e. The first-order valence-corrected chi connectivity index (χ1v) is 4.85. The number of primary amides is 1. The van der Waals surface area contributed by atoms with E-state index in [9.17, 15) is 9.59 Å². The Morgan fingerprint density at radius 3 is 2.75 bits per heavy atom. The van der Waals surface area contributed by atoms with Crippen LogP contribution in [0.2, 0.25) is 0 Å². The van der Waals surface area contributed by atoms with Crippen LogP contribution >= 0.6 is 0 Å². The van der Waals surface area contributed by atoms with Gasteiger partial charge < -0.3 is 10.5 Å². The third-order valence-corrected chi connectivity index (χ3v) is 2.55. The molecule has 5 heteroatoms. The molecule has 0 unspecified atom stereocenters. The van der Waals surface area contributed by atoms with Gasteiger partial charge in [0.1, 0.15) is 5.60 Å².